The van der Waals surface area contributed by atoms with E-state index in [4.69, 9.17) is 15.2 Å². The Labute approximate surface area is 133 Å². The van der Waals surface area contributed by atoms with E-state index >= 15 is 0 Å². The normalized spacial score (nSPS) is 25.5. The highest BCUT2D eigenvalue weighted by Gasteiger charge is 2.41. The van der Waals surface area contributed by atoms with Gasteiger partial charge in [0.2, 0.25) is 0 Å². The van der Waals surface area contributed by atoms with Crippen molar-refractivity contribution >= 4 is 14.0 Å². The molecule has 22 heavy (non-hydrogen) atoms. The van der Waals surface area contributed by atoms with Crippen molar-refractivity contribution in [3.63, 3.8) is 0 Å². The van der Waals surface area contributed by atoms with Crippen LogP contribution in [-0.2, 0) is 14.3 Å². The third kappa shape index (κ3) is 3.44. The molecule has 6 heteroatoms. The molecule has 5 nitrogen and oxygen atoms in total. The first kappa shape index (κ1) is 17.2. The molecular formula is C16H27NO4Si. The monoisotopic (exact) mass is 325 g/mol. The van der Waals surface area contributed by atoms with Gasteiger partial charge in [0.1, 0.15) is 17.9 Å². The quantitative estimate of drug-likeness (QED) is 0.575. The summed E-state index contributed by atoms with van der Waals surface area (Å²) in [6.07, 6.45) is 0.491. The minimum atomic E-state index is -1.22. The highest BCUT2D eigenvalue weighted by atomic mass is 28.3. The number of carbonyl (C=O) groups excluding carboxylic acids is 1. The first-order chi connectivity index (χ1) is 10.3. The second kappa shape index (κ2) is 6.56. The van der Waals surface area contributed by atoms with Gasteiger partial charge in [0, 0.05) is 32.2 Å². The van der Waals surface area contributed by atoms with Crippen LogP contribution in [-0.4, -0.2) is 45.0 Å². The minimum Gasteiger partial charge on any atom is -0.497 e. The van der Waals surface area contributed by atoms with Gasteiger partial charge in [-0.3, -0.25) is 0 Å². The Hall–Kier alpha value is -1.11. The SMILES string of the molecule is CC1=C2COC(=O)C2=C(OCC[Si](C)(C)C)C(CCO)C1N. The number of fused-ring (bicyclic) bond motifs is 1. The van der Waals surface area contributed by atoms with Crippen LogP contribution in [0.2, 0.25) is 25.7 Å². The van der Waals surface area contributed by atoms with E-state index in [9.17, 15) is 9.90 Å². The molecule has 0 radical (unpaired) electrons. The molecule has 0 saturated carbocycles. The first-order valence-corrected chi connectivity index (χ1v) is 11.6. The Bertz CT molecular complexity index is 519. The maximum atomic E-state index is 12.1. The molecule has 0 aromatic rings. The smallest absolute Gasteiger partial charge is 0.342 e. The molecule has 0 aromatic heterocycles. The Morgan fingerprint density at radius 1 is 1.41 bits per heavy atom. The fraction of sp³-hybridized carbons (Fsp3) is 0.688. The molecule has 1 aliphatic carbocycles. The lowest BCUT2D eigenvalue weighted by molar-refractivity contribution is -0.135. The van der Waals surface area contributed by atoms with Crippen LogP contribution in [0.3, 0.4) is 0 Å². The second-order valence-electron chi connectivity index (χ2n) is 7.28. The standard InChI is InChI=1S/C16H27NO4Si/c1-10-12-9-21-16(19)13(12)15(11(5-6-18)14(10)17)20-7-8-22(2,3)4/h11,14,18H,5-9,17H2,1-4H3. The summed E-state index contributed by atoms with van der Waals surface area (Å²) >= 11 is 0. The first-order valence-electron chi connectivity index (χ1n) is 7.87. The van der Waals surface area contributed by atoms with E-state index in [0.717, 1.165) is 17.2 Å². The molecule has 2 rings (SSSR count). The zero-order valence-corrected chi connectivity index (χ0v) is 14.9. The van der Waals surface area contributed by atoms with E-state index in [1.54, 1.807) is 0 Å². The molecule has 0 amide bonds. The number of carbonyl (C=O) groups is 1. The fourth-order valence-corrected chi connectivity index (χ4v) is 3.63. The van der Waals surface area contributed by atoms with Crippen molar-refractivity contribution < 1.29 is 19.4 Å². The van der Waals surface area contributed by atoms with Crippen molar-refractivity contribution in [1.82, 2.24) is 0 Å². The van der Waals surface area contributed by atoms with E-state index in [2.05, 4.69) is 19.6 Å². The van der Waals surface area contributed by atoms with Gasteiger partial charge in [-0.1, -0.05) is 19.6 Å². The Morgan fingerprint density at radius 3 is 2.68 bits per heavy atom. The molecule has 2 unspecified atom stereocenters. The summed E-state index contributed by atoms with van der Waals surface area (Å²) in [5, 5.41) is 9.34. The number of cyclic esters (lactones) is 1. The molecule has 1 aliphatic heterocycles. The summed E-state index contributed by atoms with van der Waals surface area (Å²) in [4.78, 5) is 12.1. The predicted molar refractivity (Wildman–Crippen MR) is 88.0 cm³/mol. The van der Waals surface area contributed by atoms with Gasteiger partial charge in [0.25, 0.3) is 0 Å². The number of rotatable bonds is 6. The van der Waals surface area contributed by atoms with Crippen LogP contribution in [0.4, 0.5) is 0 Å². The predicted octanol–water partition coefficient (Wildman–Crippen LogP) is 1.81. The van der Waals surface area contributed by atoms with E-state index in [-0.39, 0.29) is 31.1 Å². The summed E-state index contributed by atoms with van der Waals surface area (Å²) in [5.74, 6) is 0.145. The third-order valence-electron chi connectivity index (χ3n) is 4.40. The van der Waals surface area contributed by atoms with E-state index in [1.807, 2.05) is 6.92 Å². The average molecular weight is 325 g/mol. The molecule has 2 aliphatic rings. The lowest BCUT2D eigenvalue weighted by atomic mass is 9.79. The molecule has 0 spiro atoms. The van der Waals surface area contributed by atoms with Crippen molar-refractivity contribution in [3.05, 3.63) is 22.5 Å². The van der Waals surface area contributed by atoms with Gasteiger partial charge in [0.05, 0.1) is 6.61 Å². The summed E-state index contributed by atoms with van der Waals surface area (Å²) in [6, 6.07) is 0.778. The number of nitrogens with two attached hydrogens (primary N) is 1. The van der Waals surface area contributed by atoms with Crippen LogP contribution in [0.15, 0.2) is 22.5 Å². The van der Waals surface area contributed by atoms with Crippen LogP contribution >= 0.6 is 0 Å². The zero-order valence-electron chi connectivity index (χ0n) is 13.9. The lowest BCUT2D eigenvalue weighted by Gasteiger charge is -2.32. The molecule has 0 bridgehead atoms. The Morgan fingerprint density at radius 2 is 2.09 bits per heavy atom. The van der Waals surface area contributed by atoms with Crippen molar-refractivity contribution in [2.75, 3.05) is 19.8 Å². The molecule has 1 saturated heterocycles. The highest BCUT2D eigenvalue weighted by Crippen LogP contribution is 2.40. The number of hydrogen-bond donors (Lipinski definition) is 2. The summed E-state index contributed by atoms with van der Waals surface area (Å²) < 4.78 is 11.2. The Balaban J connectivity index is 2.31. The molecular weight excluding hydrogens is 298 g/mol. The maximum Gasteiger partial charge on any atom is 0.342 e. The molecule has 1 fully saturated rings. The number of aliphatic hydroxyl groups excluding tert-OH is 1. The van der Waals surface area contributed by atoms with Crippen molar-refractivity contribution in [2.45, 2.75) is 45.1 Å². The van der Waals surface area contributed by atoms with Gasteiger partial charge in [-0.15, -0.1) is 0 Å². The third-order valence-corrected chi connectivity index (χ3v) is 6.10. The van der Waals surface area contributed by atoms with Gasteiger partial charge < -0.3 is 20.3 Å². The number of esters is 1. The highest BCUT2D eigenvalue weighted by molar-refractivity contribution is 6.76. The largest absolute Gasteiger partial charge is 0.497 e. The van der Waals surface area contributed by atoms with Crippen LogP contribution < -0.4 is 5.73 Å². The second-order valence-corrected chi connectivity index (χ2v) is 12.9. The van der Waals surface area contributed by atoms with Gasteiger partial charge in [-0.2, -0.15) is 0 Å². The molecule has 2 atom stereocenters. The van der Waals surface area contributed by atoms with Gasteiger partial charge in [-0.05, 0) is 25.0 Å². The fourth-order valence-electron chi connectivity index (χ4n) is 2.91. The van der Waals surface area contributed by atoms with Crippen LogP contribution in [0.25, 0.3) is 0 Å². The number of hydrogen-bond acceptors (Lipinski definition) is 5. The summed E-state index contributed by atoms with van der Waals surface area (Å²) in [7, 11) is -1.22. The van der Waals surface area contributed by atoms with Crippen LogP contribution in [0.1, 0.15) is 13.3 Å². The van der Waals surface area contributed by atoms with E-state index in [1.165, 1.54) is 0 Å². The van der Waals surface area contributed by atoms with Crippen LogP contribution in [0, 0.1) is 5.92 Å². The van der Waals surface area contributed by atoms with Crippen molar-refractivity contribution in [2.24, 2.45) is 11.7 Å². The van der Waals surface area contributed by atoms with Crippen molar-refractivity contribution in [1.29, 1.82) is 0 Å². The van der Waals surface area contributed by atoms with Crippen molar-refractivity contribution in [3.8, 4) is 0 Å². The lowest BCUT2D eigenvalue weighted by Crippen LogP contribution is -2.38. The van der Waals surface area contributed by atoms with Gasteiger partial charge in [0.15, 0.2) is 0 Å². The molecule has 124 valence electrons. The average Bonchev–Trinajstić information content (AvgIpc) is 2.80. The Kier molecular flexibility index (Phi) is 5.14. The number of ether oxygens (including phenoxy) is 2. The summed E-state index contributed by atoms with van der Waals surface area (Å²) in [6.45, 7) is 9.67. The van der Waals surface area contributed by atoms with Gasteiger partial charge in [-0.25, -0.2) is 4.79 Å². The topological polar surface area (TPSA) is 81.8 Å². The maximum absolute atomic E-state index is 12.1. The van der Waals surface area contributed by atoms with Gasteiger partial charge >= 0.3 is 5.97 Å². The molecule has 0 aromatic carbocycles. The minimum absolute atomic E-state index is 0.0180. The van der Waals surface area contributed by atoms with Crippen LogP contribution in [0.5, 0.6) is 0 Å². The molecule has 3 N–H and O–H groups in total. The molecule has 1 heterocycles. The van der Waals surface area contributed by atoms with E-state index < -0.39 is 8.07 Å². The zero-order chi connectivity index (χ0) is 16.5. The van der Waals surface area contributed by atoms with E-state index in [0.29, 0.717) is 24.4 Å². The summed E-state index contributed by atoms with van der Waals surface area (Å²) in [5.41, 5.74) is 8.71. The number of aliphatic hydroxyl groups is 1.